The topological polar surface area (TPSA) is 55.2 Å². The molecule has 0 heterocycles. The van der Waals surface area contributed by atoms with E-state index in [9.17, 15) is 10.1 Å². The van der Waals surface area contributed by atoms with Crippen molar-refractivity contribution in [3.63, 3.8) is 0 Å². The zero-order chi connectivity index (χ0) is 9.84. The summed E-state index contributed by atoms with van der Waals surface area (Å²) in [6, 6.07) is 5.05. The molecular formula is C9H12N2O2. The van der Waals surface area contributed by atoms with Crippen molar-refractivity contribution in [2.45, 2.75) is 13.8 Å². The second-order valence-electron chi connectivity index (χ2n) is 2.76. The van der Waals surface area contributed by atoms with E-state index in [-0.39, 0.29) is 10.6 Å². The Kier molecular flexibility index (Phi) is 2.84. The number of nitro benzene ring substituents is 1. The predicted molar refractivity (Wildman–Crippen MR) is 52.0 cm³/mol. The average Bonchev–Trinajstić information content (AvgIpc) is 2.08. The summed E-state index contributed by atoms with van der Waals surface area (Å²) in [6.45, 7) is 4.45. The van der Waals surface area contributed by atoms with Gasteiger partial charge in [0.15, 0.2) is 0 Å². The lowest BCUT2D eigenvalue weighted by Crippen LogP contribution is -2.02. The molecule has 0 saturated heterocycles. The van der Waals surface area contributed by atoms with Crippen LogP contribution in [0.15, 0.2) is 18.2 Å². The minimum Gasteiger partial charge on any atom is -0.380 e. The fourth-order valence-corrected chi connectivity index (χ4v) is 1.21. The van der Waals surface area contributed by atoms with E-state index in [1.165, 1.54) is 6.07 Å². The van der Waals surface area contributed by atoms with Gasteiger partial charge >= 0.3 is 0 Å². The van der Waals surface area contributed by atoms with Crippen LogP contribution in [0.2, 0.25) is 0 Å². The van der Waals surface area contributed by atoms with E-state index in [1.807, 2.05) is 19.9 Å². The average molecular weight is 180 g/mol. The number of nitro groups is 1. The number of hydrogen-bond donors (Lipinski definition) is 1. The minimum absolute atomic E-state index is 0.141. The first kappa shape index (κ1) is 9.51. The van der Waals surface area contributed by atoms with E-state index in [2.05, 4.69) is 5.32 Å². The van der Waals surface area contributed by atoms with Crippen LogP contribution in [0, 0.1) is 17.0 Å². The summed E-state index contributed by atoms with van der Waals surface area (Å²) >= 11 is 0. The first-order valence-electron chi connectivity index (χ1n) is 4.14. The highest BCUT2D eigenvalue weighted by atomic mass is 16.6. The monoisotopic (exact) mass is 180 g/mol. The maximum atomic E-state index is 10.6. The first-order chi connectivity index (χ1) is 6.16. The predicted octanol–water partition coefficient (Wildman–Crippen LogP) is 2.34. The van der Waals surface area contributed by atoms with Gasteiger partial charge in [-0.3, -0.25) is 10.1 Å². The molecule has 1 aromatic rings. The summed E-state index contributed by atoms with van der Waals surface area (Å²) < 4.78 is 0. The van der Waals surface area contributed by atoms with E-state index < -0.39 is 0 Å². The molecule has 1 N–H and O–H groups in total. The summed E-state index contributed by atoms with van der Waals surface area (Å²) in [5.74, 6) is 0. The summed E-state index contributed by atoms with van der Waals surface area (Å²) in [5.41, 5.74) is 1.66. The third-order valence-corrected chi connectivity index (χ3v) is 1.80. The highest BCUT2D eigenvalue weighted by Gasteiger charge is 2.13. The van der Waals surface area contributed by atoms with E-state index in [4.69, 9.17) is 0 Å². The Bertz CT molecular complexity index is 323. The van der Waals surface area contributed by atoms with Crippen LogP contribution in [0.5, 0.6) is 0 Å². The number of aryl methyl sites for hydroxylation is 1. The Morgan fingerprint density at radius 3 is 2.77 bits per heavy atom. The molecule has 0 aliphatic heterocycles. The molecular weight excluding hydrogens is 168 g/mol. The van der Waals surface area contributed by atoms with Crippen LogP contribution in [0.25, 0.3) is 0 Å². The SMILES string of the molecule is CCNc1c(C)cccc1[N+](=O)[O-]. The van der Waals surface area contributed by atoms with Gasteiger partial charge in [-0.2, -0.15) is 0 Å². The van der Waals surface area contributed by atoms with E-state index in [0.717, 1.165) is 5.56 Å². The quantitative estimate of drug-likeness (QED) is 0.573. The van der Waals surface area contributed by atoms with Crippen LogP contribution in [-0.4, -0.2) is 11.5 Å². The van der Waals surface area contributed by atoms with Gasteiger partial charge in [0.2, 0.25) is 0 Å². The summed E-state index contributed by atoms with van der Waals surface area (Å²) in [4.78, 5) is 10.2. The lowest BCUT2D eigenvalue weighted by atomic mass is 10.1. The van der Waals surface area contributed by atoms with E-state index >= 15 is 0 Å². The number of rotatable bonds is 3. The first-order valence-corrected chi connectivity index (χ1v) is 4.14. The third-order valence-electron chi connectivity index (χ3n) is 1.80. The maximum absolute atomic E-state index is 10.6. The standard InChI is InChI=1S/C9H12N2O2/c1-3-10-9-7(2)5-4-6-8(9)11(12)13/h4-6,10H,3H2,1-2H3. The highest BCUT2D eigenvalue weighted by molar-refractivity contribution is 5.65. The molecule has 0 aliphatic carbocycles. The van der Waals surface area contributed by atoms with Crippen molar-refractivity contribution >= 4 is 11.4 Å². The molecule has 70 valence electrons. The number of hydrogen-bond acceptors (Lipinski definition) is 3. The Hall–Kier alpha value is -1.58. The fourth-order valence-electron chi connectivity index (χ4n) is 1.21. The van der Waals surface area contributed by atoms with Crippen LogP contribution in [-0.2, 0) is 0 Å². The fraction of sp³-hybridized carbons (Fsp3) is 0.333. The zero-order valence-corrected chi connectivity index (χ0v) is 7.70. The maximum Gasteiger partial charge on any atom is 0.292 e. The normalized spacial score (nSPS) is 9.69. The largest absolute Gasteiger partial charge is 0.380 e. The van der Waals surface area contributed by atoms with Gasteiger partial charge in [-0.15, -0.1) is 0 Å². The van der Waals surface area contributed by atoms with Gasteiger partial charge in [-0.1, -0.05) is 12.1 Å². The van der Waals surface area contributed by atoms with Gasteiger partial charge in [0.05, 0.1) is 4.92 Å². The molecule has 0 aliphatic rings. The molecule has 0 amide bonds. The Morgan fingerprint density at radius 2 is 2.23 bits per heavy atom. The molecule has 0 fully saturated rings. The Morgan fingerprint density at radius 1 is 1.54 bits per heavy atom. The van der Waals surface area contributed by atoms with Crippen LogP contribution < -0.4 is 5.32 Å². The van der Waals surface area contributed by atoms with Crippen molar-refractivity contribution in [3.05, 3.63) is 33.9 Å². The van der Waals surface area contributed by atoms with Gasteiger partial charge in [-0.05, 0) is 19.4 Å². The number of nitrogens with zero attached hydrogens (tertiary/aromatic N) is 1. The number of para-hydroxylation sites is 1. The lowest BCUT2D eigenvalue weighted by Gasteiger charge is -2.06. The van der Waals surface area contributed by atoms with Crippen LogP contribution in [0.1, 0.15) is 12.5 Å². The molecule has 0 saturated carbocycles. The molecule has 0 bridgehead atoms. The van der Waals surface area contributed by atoms with Crippen LogP contribution in [0.4, 0.5) is 11.4 Å². The number of nitrogens with one attached hydrogen (secondary N) is 1. The molecule has 0 radical (unpaired) electrons. The zero-order valence-electron chi connectivity index (χ0n) is 7.70. The van der Waals surface area contributed by atoms with Crippen molar-refractivity contribution in [1.82, 2.24) is 0 Å². The number of benzene rings is 1. The van der Waals surface area contributed by atoms with Crippen molar-refractivity contribution in [1.29, 1.82) is 0 Å². The van der Waals surface area contributed by atoms with E-state index in [1.54, 1.807) is 6.07 Å². The second kappa shape index (κ2) is 3.89. The molecule has 4 heteroatoms. The van der Waals surface area contributed by atoms with Crippen molar-refractivity contribution in [3.8, 4) is 0 Å². The molecule has 0 unspecified atom stereocenters. The summed E-state index contributed by atoms with van der Waals surface area (Å²) in [7, 11) is 0. The van der Waals surface area contributed by atoms with Crippen molar-refractivity contribution in [2.24, 2.45) is 0 Å². The minimum atomic E-state index is -0.370. The number of anilines is 1. The Balaban J connectivity index is 3.17. The van der Waals surface area contributed by atoms with Gasteiger partial charge in [0, 0.05) is 12.6 Å². The molecule has 1 aromatic carbocycles. The summed E-state index contributed by atoms with van der Waals surface area (Å²) in [6.07, 6.45) is 0. The second-order valence-corrected chi connectivity index (χ2v) is 2.76. The molecule has 0 spiro atoms. The van der Waals surface area contributed by atoms with E-state index in [0.29, 0.717) is 12.2 Å². The summed E-state index contributed by atoms with van der Waals surface area (Å²) in [5, 5.41) is 13.6. The molecule has 0 atom stereocenters. The van der Waals surface area contributed by atoms with Gasteiger partial charge in [-0.25, -0.2) is 0 Å². The molecule has 0 aromatic heterocycles. The molecule has 13 heavy (non-hydrogen) atoms. The van der Waals surface area contributed by atoms with Crippen molar-refractivity contribution in [2.75, 3.05) is 11.9 Å². The van der Waals surface area contributed by atoms with Crippen LogP contribution in [0.3, 0.4) is 0 Å². The third kappa shape index (κ3) is 1.96. The highest BCUT2D eigenvalue weighted by Crippen LogP contribution is 2.26. The van der Waals surface area contributed by atoms with Gasteiger partial charge in [0.25, 0.3) is 5.69 Å². The molecule has 4 nitrogen and oxygen atoms in total. The smallest absolute Gasteiger partial charge is 0.292 e. The van der Waals surface area contributed by atoms with Gasteiger partial charge < -0.3 is 5.32 Å². The lowest BCUT2D eigenvalue weighted by molar-refractivity contribution is -0.384. The Labute approximate surface area is 76.7 Å². The van der Waals surface area contributed by atoms with Crippen molar-refractivity contribution < 1.29 is 4.92 Å². The molecule has 1 rings (SSSR count). The van der Waals surface area contributed by atoms with Crippen LogP contribution >= 0.6 is 0 Å². The van der Waals surface area contributed by atoms with Gasteiger partial charge in [0.1, 0.15) is 5.69 Å².